The van der Waals surface area contributed by atoms with Gasteiger partial charge in [0.2, 0.25) is 0 Å². The van der Waals surface area contributed by atoms with Crippen molar-refractivity contribution in [2.45, 2.75) is 5.92 Å². The number of benzene rings is 3. The summed E-state index contributed by atoms with van der Waals surface area (Å²) in [6, 6.07) is 18.5. The van der Waals surface area contributed by atoms with Crippen LogP contribution in [0.2, 0.25) is 5.02 Å². The highest BCUT2D eigenvalue weighted by Crippen LogP contribution is 2.49. The fraction of sp³-hybridized carbons (Fsp3) is 0.136. The summed E-state index contributed by atoms with van der Waals surface area (Å²) in [6.07, 6.45) is 0. The van der Waals surface area contributed by atoms with Crippen molar-refractivity contribution in [2.24, 2.45) is 0 Å². The van der Waals surface area contributed by atoms with Crippen molar-refractivity contribution in [3.63, 3.8) is 0 Å². The Kier molecular flexibility index (Phi) is 4.28. The second-order valence-corrected chi connectivity index (χ2v) is 7.16. The molecule has 5 heteroatoms. The van der Waals surface area contributed by atoms with Crippen molar-refractivity contribution in [2.75, 3.05) is 19.0 Å². The van der Waals surface area contributed by atoms with Gasteiger partial charge in [-0.15, -0.1) is 0 Å². The number of halogens is 1. The lowest BCUT2D eigenvalue weighted by Gasteiger charge is -2.30. The molecule has 0 amide bonds. The Labute approximate surface area is 162 Å². The van der Waals surface area contributed by atoms with E-state index >= 15 is 0 Å². The highest BCUT2D eigenvalue weighted by atomic mass is 35.5. The molecule has 0 aromatic heterocycles. The topological polar surface area (TPSA) is 49.8 Å². The molecular formula is C22H18ClNO3. The minimum atomic E-state index is -0.952. The molecule has 0 radical (unpaired) electrons. The molecule has 1 aliphatic rings. The molecule has 1 aliphatic heterocycles. The number of hydrogen-bond acceptors (Lipinski definition) is 3. The number of anilines is 1. The first kappa shape index (κ1) is 17.4. The maximum atomic E-state index is 11.8. The minimum absolute atomic E-state index is 0.272. The van der Waals surface area contributed by atoms with E-state index in [-0.39, 0.29) is 11.5 Å². The molecule has 136 valence electrons. The van der Waals surface area contributed by atoms with Gasteiger partial charge in [-0.25, -0.2) is 4.79 Å². The van der Waals surface area contributed by atoms with E-state index in [4.69, 9.17) is 16.3 Å². The van der Waals surface area contributed by atoms with E-state index in [9.17, 15) is 9.90 Å². The maximum absolute atomic E-state index is 11.8. The van der Waals surface area contributed by atoms with Crippen LogP contribution in [0.15, 0.2) is 60.7 Å². The van der Waals surface area contributed by atoms with E-state index in [1.807, 2.05) is 61.5 Å². The smallest absolute Gasteiger partial charge is 0.335 e. The Morgan fingerprint density at radius 1 is 0.963 bits per heavy atom. The summed E-state index contributed by atoms with van der Waals surface area (Å²) in [5, 5.41) is 10.3. The predicted molar refractivity (Wildman–Crippen MR) is 107 cm³/mol. The number of ether oxygens (including phenoxy) is 1. The van der Waals surface area contributed by atoms with E-state index < -0.39 is 5.97 Å². The number of carboxylic acid groups (broad SMARTS) is 1. The predicted octanol–water partition coefficient (Wildman–Crippen LogP) is 5.39. The van der Waals surface area contributed by atoms with E-state index in [2.05, 4.69) is 0 Å². The first-order valence-electron chi connectivity index (χ1n) is 8.56. The van der Waals surface area contributed by atoms with E-state index in [0.29, 0.717) is 10.8 Å². The van der Waals surface area contributed by atoms with Gasteiger partial charge in [0.05, 0.1) is 5.56 Å². The van der Waals surface area contributed by atoms with Crippen molar-refractivity contribution in [3.05, 3.63) is 87.9 Å². The van der Waals surface area contributed by atoms with E-state index in [1.165, 1.54) is 0 Å². The van der Waals surface area contributed by atoms with Gasteiger partial charge in [-0.05, 0) is 35.9 Å². The average molecular weight is 380 g/mol. The maximum Gasteiger partial charge on any atom is 0.335 e. The zero-order valence-corrected chi connectivity index (χ0v) is 15.7. The second-order valence-electron chi connectivity index (χ2n) is 6.73. The van der Waals surface area contributed by atoms with Gasteiger partial charge in [0.15, 0.2) is 0 Å². The molecule has 27 heavy (non-hydrogen) atoms. The van der Waals surface area contributed by atoms with Gasteiger partial charge in [-0.3, -0.25) is 0 Å². The van der Waals surface area contributed by atoms with Gasteiger partial charge in [-0.1, -0.05) is 35.9 Å². The van der Waals surface area contributed by atoms with E-state index in [1.54, 1.807) is 18.2 Å². The van der Waals surface area contributed by atoms with Crippen LogP contribution in [0.1, 0.15) is 33.0 Å². The number of aromatic carboxylic acids is 1. The molecule has 0 saturated heterocycles. The van der Waals surface area contributed by atoms with Gasteiger partial charge in [0.25, 0.3) is 0 Å². The first-order chi connectivity index (χ1) is 13.0. The van der Waals surface area contributed by atoms with Crippen LogP contribution in [0.3, 0.4) is 0 Å². The first-order valence-corrected chi connectivity index (χ1v) is 8.94. The molecule has 1 unspecified atom stereocenters. The Bertz CT molecular complexity index is 1050. The lowest BCUT2D eigenvalue weighted by Crippen LogP contribution is -2.16. The van der Waals surface area contributed by atoms with Gasteiger partial charge in [0.1, 0.15) is 11.5 Å². The van der Waals surface area contributed by atoms with Crippen molar-refractivity contribution >= 4 is 23.3 Å². The number of rotatable bonds is 3. The van der Waals surface area contributed by atoms with Crippen LogP contribution >= 0.6 is 11.6 Å². The molecule has 1 N–H and O–H groups in total. The van der Waals surface area contributed by atoms with Crippen molar-refractivity contribution < 1.29 is 14.6 Å². The summed E-state index contributed by atoms with van der Waals surface area (Å²) in [5.41, 5.74) is 3.79. The molecule has 1 heterocycles. The Morgan fingerprint density at radius 2 is 1.74 bits per heavy atom. The lowest BCUT2D eigenvalue weighted by atomic mass is 9.80. The summed E-state index contributed by atoms with van der Waals surface area (Å²) in [4.78, 5) is 13.8. The Balaban J connectivity index is 1.99. The average Bonchev–Trinajstić information content (AvgIpc) is 2.65. The third-order valence-electron chi connectivity index (χ3n) is 4.83. The second kappa shape index (κ2) is 6.63. The molecule has 0 saturated carbocycles. The van der Waals surface area contributed by atoms with Crippen molar-refractivity contribution in [1.82, 2.24) is 0 Å². The molecule has 0 aliphatic carbocycles. The van der Waals surface area contributed by atoms with Crippen LogP contribution in [-0.2, 0) is 0 Å². The molecule has 3 aromatic carbocycles. The summed E-state index contributed by atoms with van der Waals surface area (Å²) in [7, 11) is 3.94. The van der Waals surface area contributed by atoms with Gasteiger partial charge in [-0.2, -0.15) is 0 Å². The standard InChI is InChI=1S/C22H18ClNO3/c1-24(2)14-8-9-17-20(12-14)27-19-10-7-13(23)11-18(19)21(17)15-5-3-4-6-16(15)22(25)26/h3-12,21H,1-2H3,(H,25,26). The van der Waals surface area contributed by atoms with Gasteiger partial charge >= 0.3 is 5.97 Å². The van der Waals surface area contributed by atoms with Gasteiger partial charge < -0.3 is 14.7 Å². The SMILES string of the molecule is CN(C)c1ccc2c(c1)Oc1ccc(Cl)cc1C2c1ccccc1C(=O)O. The molecule has 0 bridgehead atoms. The molecule has 4 nitrogen and oxygen atoms in total. The Hall–Kier alpha value is -2.98. The summed E-state index contributed by atoms with van der Waals surface area (Å²) in [6.45, 7) is 0. The molecule has 0 fully saturated rings. The normalized spacial score (nSPS) is 14.7. The van der Waals surface area contributed by atoms with Crippen LogP contribution in [0.5, 0.6) is 11.5 Å². The fourth-order valence-electron chi connectivity index (χ4n) is 3.53. The van der Waals surface area contributed by atoms with Gasteiger partial charge in [0, 0.05) is 47.9 Å². The van der Waals surface area contributed by atoms with E-state index in [0.717, 1.165) is 28.1 Å². The van der Waals surface area contributed by atoms with Crippen LogP contribution < -0.4 is 9.64 Å². The molecule has 1 atom stereocenters. The third kappa shape index (κ3) is 3.02. The quantitative estimate of drug-likeness (QED) is 0.518. The number of hydrogen-bond donors (Lipinski definition) is 1. The summed E-state index contributed by atoms with van der Waals surface area (Å²) in [5.74, 6) is 0.187. The zero-order chi connectivity index (χ0) is 19.1. The number of fused-ring (bicyclic) bond motifs is 2. The van der Waals surface area contributed by atoms with Crippen LogP contribution in [-0.4, -0.2) is 25.2 Å². The number of carbonyl (C=O) groups is 1. The van der Waals surface area contributed by atoms with Crippen molar-refractivity contribution in [3.8, 4) is 11.5 Å². The molecule has 4 rings (SSSR count). The summed E-state index contributed by atoms with van der Waals surface area (Å²) >= 11 is 6.25. The molecule has 0 spiro atoms. The number of nitrogens with zero attached hydrogens (tertiary/aromatic N) is 1. The van der Waals surface area contributed by atoms with Crippen LogP contribution in [0.4, 0.5) is 5.69 Å². The van der Waals surface area contributed by atoms with Crippen molar-refractivity contribution in [1.29, 1.82) is 0 Å². The zero-order valence-electron chi connectivity index (χ0n) is 14.9. The Morgan fingerprint density at radius 3 is 2.48 bits per heavy atom. The fourth-order valence-corrected chi connectivity index (χ4v) is 3.71. The summed E-state index contributed by atoms with van der Waals surface area (Å²) < 4.78 is 6.14. The lowest BCUT2D eigenvalue weighted by molar-refractivity contribution is 0.0695. The van der Waals surface area contributed by atoms with Crippen LogP contribution in [0, 0.1) is 0 Å². The monoisotopic (exact) mass is 379 g/mol. The number of carboxylic acids is 1. The highest BCUT2D eigenvalue weighted by Gasteiger charge is 2.31. The third-order valence-corrected chi connectivity index (χ3v) is 5.06. The molecule has 3 aromatic rings. The largest absolute Gasteiger partial charge is 0.478 e. The minimum Gasteiger partial charge on any atom is -0.478 e. The molecular weight excluding hydrogens is 362 g/mol. The highest BCUT2D eigenvalue weighted by molar-refractivity contribution is 6.30. The van der Waals surface area contributed by atoms with Crippen LogP contribution in [0.25, 0.3) is 0 Å².